The molecule has 120 valence electrons. The summed E-state index contributed by atoms with van der Waals surface area (Å²) < 4.78 is 32.1. The van der Waals surface area contributed by atoms with Crippen LogP contribution in [0.4, 0.5) is 13.6 Å². The Hall–Kier alpha value is -2.96. The van der Waals surface area contributed by atoms with E-state index in [4.69, 9.17) is 9.84 Å². The SMILES string of the molecule is O=C(NCc1cc(F)c(C(=O)O)cc1F)OCc1ccccc1. The van der Waals surface area contributed by atoms with Crippen molar-refractivity contribution in [3.63, 3.8) is 0 Å². The summed E-state index contributed by atoms with van der Waals surface area (Å²) in [4.78, 5) is 22.2. The fraction of sp³-hybridized carbons (Fsp3) is 0.125. The molecule has 0 atom stereocenters. The number of carbonyl (C=O) groups excluding carboxylic acids is 1. The van der Waals surface area contributed by atoms with Crippen molar-refractivity contribution < 1.29 is 28.2 Å². The maximum absolute atomic E-state index is 13.7. The van der Waals surface area contributed by atoms with E-state index in [9.17, 15) is 18.4 Å². The van der Waals surface area contributed by atoms with Crippen molar-refractivity contribution in [1.29, 1.82) is 0 Å². The van der Waals surface area contributed by atoms with Gasteiger partial charge in [0.15, 0.2) is 0 Å². The molecule has 0 aliphatic rings. The van der Waals surface area contributed by atoms with Crippen LogP contribution in [0, 0.1) is 11.6 Å². The highest BCUT2D eigenvalue weighted by molar-refractivity contribution is 5.88. The van der Waals surface area contributed by atoms with Crippen LogP contribution in [0.15, 0.2) is 42.5 Å². The summed E-state index contributed by atoms with van der Waals surface area (Å²) in [5.41, 5.74) is -0.159. The summed E-state index contributed by atoms with van der Waals surface area (Å²) in [5.74, 6) is -3.57. The minimum atomic E-state index is -1.57. The molecule has 2 aromatic carbocycles. The van der Waals surface area contributed by atoms with Gasteiger partial charge in [-0.3, -0.25) is 0 Å². The van der Waals surface area contributed by atoms with Gasteiger partial charge in [0.2, 0.25) is 0 Å². The summed E-state index contributed by atoms with van der Waals surface area (Å²) >= 11 is 0. The lowest BCUT2D eigenvalue weighted by molar-refractivity contribution is 0.0691. The lowest BCUT2D eigenvalue weighted by atomic mass is 10.1. The summed E-state index contributed by atoms with van der Waals surface area (Å²) in [5, 5.41) is 11.0. The predicted molar refractivity (Wildman–Crippen MR) is 76.8 cm³/mol. The largest absolute Gasteiger partial charge is 0.478 e. The zero-order valence-electron chi connectivity index (χ0n) is 11.9. The topological polar surface area (TPSA) is 75.6 Å². The minimum Gasteiger partial charge on any atom is -0.478 e. The molecule has 0 saturated heterocycles. The molecule has 0 spiro atoms. The minimum absolute atomic E-state index is 0.0431. The zero-order chi connectivity index (χ0) is 16.8. The maximum Gasteiger partial charge on any atom is 0.407 e. The summed E-state index contributed by atoms with van der Waals surface area (Å²) in [6.45, 7) is -0.280. The Balaban J connectivity index is 1.91. The first-order valence-corrected chi connectivity index (χ1v) is 6.63. The third-order valence-corrected chi connectivity index (χ3v) is 3.00. The monoisotopic (exact) mass is 321 g/mol. The number of benzene rings is 2. The van der Waals surface area contributed by atoms with Gasteiger partial charge in [0, 0.05) is 12.1 Å². The second-order valence-corrected chi connectivity index (χ2v) is 4.64. The van der Waals surface area contributed by atoms with Crippen LogP contribution >= 0.6 is 0 Å². The van der Waals surface area contributed by atoms with Crippen LogP contribution < -0.4 is 5.32 Å². The van der Waals surface area contributed by atoms with Gasteiger partial charge < -0.3 is 15.2 Å². The molecular formula is C16H13F2NO4. The molecule has 2 N–H and O–H groups in total. The van der Waals surface area contributed by atoms with Crippen LogP contribution in [0.5, 0.6) is 0 Å². The number of ether oxygens (including phenoxy) is 1. The Morgan fingerprint density at radius 2 is 1.78 bits per heavy atom. The number of hydrogen-bond donors (Lipinski definition) is 2. The molecule has 0 saturated carbocycles. The van der Waals surface area contributed by atoms with Crippen LogP contribution in [0.25, 0.3) is 0 Å². The van der Waals surface area contributed by atoms with Crippen molar-refractivity contribution >= 4 is 12.1 Å². The third kappa shape index (κ3) is 4.50. The Labute approximate surface area is 130 Å². The predicted octanol–water partition coefficient (Wildman–Crippen LogP) is 3.09. The highest BCUT2D eigenvalue weighted by Crippen LogP contribution is 2.15. The van der Waals surface area contributed by atoms with E-state index in [1.54, 1.807) is 24.3 Å². The zero-order valence-corrected chi connectivity index (χ0v) is 11.9. The van der Waals surface area contributed by atoms with Gasteiger partial charge in [0.1, 0.15) is 18.2 Å². The first-order valence-electron chi connectivity index (χ1n) is 6.63. The highest BCUT2D eigenvalue weighted by atomic mass is 19.1. The molecular weight excluding hydrogens is 308 g/mol. The van der Waals surface area contributed by atoms with E-state index < -0.39 is 29.3 Å². The molecule has 7 heteroatoms. The average Bonchev–Trinajstić information content (AvgIpc) is 2.54. The molecule has 23 heavy (non-hydrogen) atoms. The first kappa shape index (κ1) is 16.4. The fourth-order valence-corrected chi connectivity index (χ4v) is 1.83. The van der Waals surface area contributed by atoms with Crippen LogP contribution in [0.1, 0.15) is 21.5 Å². The lowest BCUT2D eigenvalue weighted by Gasteiger charge is -2.09. The lowest BCUT2D eigenvalue weighted by Crippen LogP contribution is -2.24. The van der Waals surface area contributed by atoms with Crippen LogP contribution in [0.3, 0.4) is 0 Å². The molecule has 0 aromatic heterocycles. The average molecular weight is 321 g/mol. The Morgan fingerprint density at radius 1 is 1.09 bits per heavy atom. The van der Waals surface area contributed by atoms with E-state index in [1.807, 2.05) is 6.07 Å². The van der Waals surface area contributed by atoms with E-state index in [1.165, 1.54) is 0 Å². The molecule has 0 bridgehead atoms. The number of carboxylic acids is 1. The van der Waals surface area contributed by atoms with E-state index in [0.717, 1.165) is 11.6 Å². The molecule has 2 rings (SSSR count). The van der Waals surface area contributed by atoms with Crippen LogP contribution in [-0.4, -0.2) is 17.2 Å². The molecule has 0 heterocycles. The Bertz CT molecular complexity index is 720. The van der Waals surface area contributed by atoms with Gasteiger partial charge in [-0.25, -0.2) is 18.4 Å². The van der Waals surface area contributed by atoms with E-state index >= 15 is 0 Å². The number of amides is 1. The number of carbonyl (C=O) groups is 2. The second-order valence-electron chi connectivity index (χ2n) is 4.64. The Kier molecular flexibility index (Phi) is 5.24. The highest BCUT2D eigenvalue weighted by Gasteiger charge is 2.15. The van der Waals surface area contributed by atoms with Gasteiger partial charge in [-0.05, 0) is 17.7 Å². The first-order chi connectivity index (χ1) is 11.0. The second kappa shape index (κ2) is 7.35. The van der Waals surface area contributed by atoms with Gasteiger partial charge >= 0.3 is 12.1 Å². The van der Waals surface area contributed by atoms with Gasteiger partial charge in [0.25, 0.3) is 0 Å². The molecule has 2 aromatic rings. The normalized spacial score (nSPS) is 10.2. The smallest absolute Gasteiger partial charge is 0.407 e. The van der Waals surface area contributed by atoms with E-state index in [0.29, 0.717) is 6.07 Å². The molecule has 0 radical (unpaired) electrons. The number of nitrogens with one attached hydrogen (secondary N) is 1. The van der Waals surface area contributed by atoms with E-state index in [2.05, 4.69) is 5.32 Å². The molecule has 0 aliphatic carbocycles. The van der Waals surface area contributed by atoms with Crippen molar-refractivity contribution in [2.75, 3.05) is 0 Å². The number of hydrogen-bond acceptors (Lipinski definition) is 3. The quantitative estimate of drug-likeness (QED) is 0.887. The molecule has 0 unspecified atom stereocenters. The number of rotatable bonds is 5. The van der Waals surface area contributed by atoms with E-state index in [-0.39, 0.29) is 18.7 Å². The van der Waals surface area contributed by atoms with Crippen molar-refractivity contribution in [3.05, 3.63) is 70.8 Å². The van der Waals surface area contributed by atoms with Crippen molar-refractivity contribution in [2.45, 2.75) is 13.2 Å². The fourth-order valence-electron chi connectivity index (χ4n) is 1.83. The molecule has 1 amide bonds. The van der Waals surface area contributed by atoms with Crippen molar-refractivity contribution in [3.8, 4) is 0 Å². The number of aromatic carboxylic acids is 1. The van der Waals surface area contributed by atoms with Gasteiger partial charge in [-0.15, -0.1) is 0 Å². The van der Waals surface area contributed by atoms with Crippen molar-refractivity contribution in [1.82, 2.24) is 5.32 Å². The third-order valence-electron chi connectivity index (χ3n) is 3.00. The van der Waals surface area contributed by atoms with Crippen molar-refractivity contribution in [2.24, 2.45) is 0 Å². The molecule has 0 aliphatic heterocycles. The van der Waals surface area contributed by atoms with Crippen LogP contribution in [0.2, 0.25) is 0 Å². The number of carboxylic acid groups (broad SMARTS) is 1. The van der Waals surface area contributed by atoms with Gasteiger partial charge in [-0.2, -0.15) is 0 Å². The summed E-state index contributed by atoms with van der Waals surface area (Å²) in [6.07, 6.45) is -0.795. The molecule has 5 nitrogen and oxygen atoms in total. The summed E-state index contributed by atoms with van der Waals surface area (Å²) in [6, 6.07) is 10.2. The molecule has 0 fully saturated rings. The standard InChI is InChI=1S/C16H13F2NO4/c17-13-7-12(15(20)21)14(18)6-11(13)8-19-16(22)23-9-10-4-2-1-3-5-10/h1-7H,8-9H2,(H,19,22)(H,20,21). The maximum atomic E-state index is 13.7. The number of halogens is 2. The summed E-state index contributed by atoms with van der Waals surface area (Å²) in [7, 11) is 0. The van der Waals surface area contributed by atoms with Gasteiger partial charge in [-0.1, -0.05) is 30.3 Å². The number of alkyl carbamates (subject to hydrolysis) is 1. The Morgan fingerprint density at radius 3 is 2.43 bits per heavy atom. The van der Waals surface area contributed by atoms with Gasteiger partial charge in [0.05, 0.1) is 5.56 Å². The van der Waals surface area contributed by atoms with Crippen LogP contribution in [-0.2, 0) is 17.9 Å².